The van der Waals surface area contributed by atoms with Gasteiger partial charge in [-0.25, -0.2) is 0 Å². The van der Waals surface area contributed by atoms with Gasteiger partial charge in [-0.2, -0.15) is 0 Å². The molecule has 1 amide bonds. The maximum atomic E-state index is 12.5. The van der Waals surface area contributed by atoms with Gasteiger partial charge < -0.3 is 14.8 Å². The van der Waals surface area contributed by atoms with Gasteiger partial charge in [-0.05, 0) is 55.8 Å². The summed E-state index contributed by atoms with van der Waals surface area (Å²) in [5.41, 5.74) is 2.57. The third kappa shape index (κ3) is 5.23. The van der Waals surface area contributed by atoms with Crippen LogP contribution in [-0.4, -0.2) is 38.1 Å². The number of carbonyl (C=O) groups is 1. The lowest BCUT2D eigenvalue weighted by molar-refractivity contribution is 0.102. The molecule has 5 heteroatoms. The van der Waals surface area contributed by atoms with Crippen molar-refractivity contribution < 1.29 is 14.3 Å². The van der Waals surface area contributed by atoms with Crippen molar-refractivity contribution in [2.45, 2.75) is 32.2 Å². The first-order chi connectivity index (χ1) is 13.2. The molecule has 0 atom stereocenters. The van der Waals surface area contributed by atoms with Crippen LogP contribution in [0.15, 0.2) is 42.5 Å². The van der Waals surface area contributed by atoms with E-state index in [0.717, 1.165) is 6.54 Å². The average Bonchev–Trinajstić information content (AvgIpc) is 2.97. The predicted molar refractivity (Wildman–Crippen MR) is 108 cm³/mol. The van der Waals surface area contributed by atoms with Gasteiger partial charge in [0.1, 0.15) is 0 Å². The summed E-state index contributed by atoms with van der Waals surface area (Å²) < 4.78 is 10.5. The van der Waals surface area contributed by atoms with Gasteiger partial charge in [-0.15, -0.1) is 0 Å². The van der Waals surface area contributed by atoms with Crippen LogP contribution < -0.4 is 14.8 Å². The van der Waals surface area contributed by atoms with Crippen molar-refractivity contribution in [2.75, 3.05) is 32.6 Å². The number of carbonyl (C=O) groups excluding carboxylic acids is 1. The van der Waals surface area contributed by atoms with Crippen LogP contribution in [0.25, 0.3) is 0 Å². The fourth-order valence-corrected chi connectivity index (χ4v) is 3.43. The summed E-state index contributed by atoms with van der Waals surface area (Å²) in [4.78, 5) is 15.0. The number of methoxy groups -OCH3 is 2. The number of nitrogens with zero attached hydrogens (tertiary/aromatic N) is 1. The normalized spacial score (nSPS) is 15.0. The van der Waals surface area contributed by atoms with Gasteiger partial charge in [-0.3, -0.25) is 9.69 Å². The van der Waals surface area contributed by atoms with E-state index in [9.17, 15) is 4.79 Å². The highest BCUT2D eigenvalue weighted by molar-refractivity contribution is 6.04. The second-order valence-electron chi connectivity index (χ2n) is 6.91. The molecule has 144 valence electrons. The highest BCUT2D eigenvalue weighted by atomic mass is 16.5. The molecule has 2 aromatic carbocycles. The SMILES string of the molecule is COc1ccc(NC(=O)c2ccc(CN3CCCCCC3)cc2)cc1OC. The van der Waals surface area contributed by atoms with Crippen LogP contribution in [0.2, 0.25) is 0 Å². The maximum Gasteiger partial charge on any atom is 0.255 e. The zero-order valence-electron chi connectivity index (χ0n) is 16.2. The number of nitrogens with one attached hydrogen (secondary N) is 1. The standard InChI is InChI=1S/C22H28N2O3/c1-26-20-12-11-19(15-21(20)27-2)23-22(25)18-9-7-17(8-10-18)16-24-13-5-3-4-6-14-24/h7-12,15H,3-6,13-14,16H2,1-2H3,(H,23,25). The lowest BCUT2D eigenvalue weighted by Gasteiger charge is -2.19. The molecule has 3 rings (SSSR count). The topological polar surface area (TPSA) is 50.8 Å². The third-order valence-electron chi connectivity index (χ3n) is 4.96. The smallest absolute Gasteiger partial charge is 0.255 e. The van der Waals surface area contributed by atoms with E-state index in [0.29, 0.717) is 22.7 Å². The van der Waals surface area contributed by atoms with Crippen LogP contribution in [-0.2, 0) is 6.54 Å². The van der Waals surface area contributed by atoms with Crippen LogP contribution in [0.4, 0.5) is 5.69 Å². The molecule has 0 unspecified atom stereocenters. The first-order valence-corrected chi connectivity index (χ1v) is 9.54. The van der Waals surface area contributed by atoms with Crippen molar-refractivity contribution in [2.24, 2.45) is 0 Å². The molecular formula is C22H28N2O3. The second kappa shape index (κ2) is 9.42. The highest BCUT2D eigenvalue weighted by Gasteiger charge is 2.12. The number of hydrogen-bond acceptors (Lipinski definition) is 4. The molecule has 5 nitrogen and oxygen atoms in total. The molecule has 0 bridgehead atoms. The molecule has 1 aliphatic heterocycles. The number of anilines is 1. The Morgan fingerprint density at radius 2 is 1.59 bits per heavy atom. The van der Waals surface area contributed by atoms with Gasteiger partial charge in [0.15, 0.2) is 11.5 Å². The minimum Gasteiger partial charge on any atom is -0.493 e. The van der Waals surface area contributed by atoms with Crippen molar-refractivity contribution in [3.05, 3.63) is 53.6 Å². The van der Waals surface area contributed by atoms with Crippen molar-refractivity contribution in [1.29, 1.82) is 0 Å². The Morgan fingerprint density at radius 3 is 2.22 bits per heavy atom. The van der Waals surface area contributed by atoms with E-state index in [1.807, 2.05) is 12.1 Å². The molecule has 27 heavy (non-hydrogen) atoms. The van der Waals surface area contributed by atoms with E-state index < -0.39 is 0 Å². The summed E-state index contributed by atoms with van der Waals surface area (Å²) in [5, 5.41) is 2.91. The molecule has 1 fully saturated rings. The van der Waals surface area contributed by atoms with E-state index >= 15 is 0 Å². The van der Waals surface area contributed by atoms with Crippen molar-refractivity contribution in [3.63, 3.8) is 0 Å². The first-order valence-electron chi connectivity index (χ1n) is 9.54. The number of hydrogen-bond donors (Lipinski definition) is 1. The quantitative estimate of drug-likeness (QED) is 0.824. The summed E-state index contributed by atoms with van der Waals surface area (Å²) in [6.07, 6.45) is 5.25. The predicted octanol–water partition coefficient (Wildman–Crippen LogP) is 4.33. The molecule has 1 heterocycles. The van der Waals surface area contributed by atoms with E-state index in [1.165, 1.54) is 44.3 Å². The molecule has 0 aliphatic carbocycles. The van der Waals surface area contributed by atoms with Crippen molar-refractivity contribution in [1.82, 2.24) is 4.90 Å². The number of rotatable bonds is 6. The van der Waals surface area contributed by atoms with E-state index in [-0.39, 0.29) is 5.91 Å². The van der Waals surface area contributed by atoms with Gasteiger partial charge >= 0.3 is 0 Å². The zero-order valence-corrected chi connectivity index (χ0v) is 16.2. The fourth-order valence-electron chi connectivity index (χ4n) is 3.43. The first kappa shape index (κ1) is 19.2. The lowest BCUT2D eigenvalue weighted by Crippen LogP contribution is -2.24. The molecular weight excluding hydrogens is 340 g/mol. The Hall–Kier alpha value is -2.53. The fraction of sp³-hybridized carbons (Fsp3) is 0.409. The van der Waals surface area contributed by atoms with Crippen LogP contribution in [0.3, 0.4) is 0 Å². The molecule has 0 radical (unpaired) electrons. The molecule has 1 aliphatic rings. The van der Waals surface area contributed by atoms with Gasteiger partial charge in [0.2, 0.25) is 0 Å². The number of likely N-dealkylation sites (tertiary alicyclic amines) is 1. The lowest BCUT2D eigenvalue weighted by atomic mass is 10.1. The Morgan fingerprint density at radius 1 is 0.926 bits per heavy atom. The minimum absolute atomic E-state index is 0.136. The summed E-state index contributed by atoms with van der Waals surface area (Å²) >= 11 is 0. The van der Waals surface area contributed by atoms with Crippen LogP contribution in [0.5, 0.6) is 11.5 Å². The van der Waals surface area contributed by atoms with Crippen LogP contribution >= 0.6 is 0 Å². The maximum absolute atomic E-state index is 12.5. The summed E-state index contributed by atoms with van der Waals surface area (Å²) in [7, 11) is 3.16. The summed E-state index contributed by atoms with van der Waals surface area (Å²) in [6, 6.07) is 13.2. The van der Waals surface area contributed by atoms with Crippen molar-refractivity contribution in [3.8, 4) is 11.5 Å². The summed E-state index contributed by atoms with van der Waals surface area (Å²) in [5.74, 6) is 1.08. The van der Waals surface area contributed by atoms with E-state index in [4.69, 9.17) is 9.47 Å². The van der Waals surface area contributed by atoms with Gasteiger partial charge in [0.25, 0.3) is 5.91 Å². The monoisotopic (exact) mass is 368 g/mol. The molecule has 1 N–H and O–H groups in total. The Balaban J connectivity index is 1.61. The average molecular weight is 368 g/mol. The second-order valence-corrected chi connectivity index (χ2v) is 6.91. The highest BCUT2D eigenvalue weighted by Crippen LogP contribution is 2.29. The number of ether oxygens (including phenoxy) is 2. The van der Waals surface area contributed by atoms with Gasteiger partial charge in [0, 0.05) is 23.9 Å². The van der Waals surface area contributed by atoms with Crippen LogP contribution in [0, 0.1) is 0 Å². The Kier molecular flexibility index (Phi) is 6.71. The van der Waals surface area contributed by atoms with Crippen molar-refractivity contribution >= 4 is 11.6 Å². The molecule has 0 aromatic heterocycles. The number of amides is 1. The third-order valence-corrected chi connectivity index (χ3v) is 4.96. The molecule has 0 saturated carbocycles. The molecule has 1 saturated heterocycles. The Labute approximate surface area is 161 Å². The van der Waals surface area contributed by atoms with Gasteiger partial charge in [-0.1, -0.05) is 25.0 Å². The number of benzene rings is 2. The van der Waals surface area contributed by atoms with Crippen LogP contribution in [0.1, 0.15) is 41.6 Å². The minimum atomic E-state index is -0.136. The van der Waals surface area contributed by atoms with E-state index in [2.05, 4.69) is 22.3 Å². The largest absolute Gasteiger partial charge is 0.493 e. The van der Waals surface area contributed by atoms with E-state index in [1.54, 1.807) is 32.4 Å². The zero-order chi connectivity index (χ0) is 19.1. The molecule has 2 aromatic rings. The molecule has 0 spiro atoms. The summed E-state index contributed by atoms with van der Waals surface area (Å²) in [6.45, 7) is 3.29. The van der Waals surface area contributed by atoms with Gasteiger partial charge in [0.05, 0.1) is 14.2 Å². The Bertz CT molecular complexity index is 751.